The summed E-state index contributed by atoms with van der Waals surface area (Å²) in [6, 6.07) is 1.96. The second-order valence-electron chi connectivity index (χ2n) is 5.35. The zero-order valence-electron chi connectivity index (χ0n) is 13.3. The van der Waals surface area contributed by atoms with Crippen molar-refractivity contribution in [3.63, 3.8) is 0 Å². The molecule has 2 aromatic heterocycles. The molecule has 0 saturated carbocycles. The molecular weight excluding hydrogens is 282 g/mol. The van der Waals surface area contributed by atoms with Gasteiger partial charge in [0.05, 0.1) is 24.0 Å². The number of nitrogens with one attached hydrogen (secondary N) is 2. The maximum Gasteiger partial charge on any atom is 0.253 e. The molecule has 0 atom stereocenters. The van der Waals surface area contributed by atoms with Gasteiger partial charge in [-0.15, -0.1) is 0 Å². The van der Waals surface area contributed by atoms with Crippen LogP contribution in [0, 0.1) is 6.92 Å². The van der Waals surface area contributed by atoms with Crippen LogP contribution in [0.3, 0.4) is 0 Å². The van der Waals surface area contributed by atoms with Gasteiger partial charge in [-0.1, -0.05) is 0 Å². The lowest BCUT2D eigenvalue weighted by Crippen LogP contribution is -2.37. The van der Waals surface area contributed by atoms with Crippen LogP contribution in [0.25, 0.3) is 11.0 Å². The Morgan fingerprint density at radius 3 is 2.68 bits per heavy atom. The highest BCUT2D eigenvalue weighted by Gasteiger charge is 2.15. The molecule has 0 fully saturated rings. The van der Waals surface area contributed by atoms with Gasteiger partial charge in [-0.05, 0) is 33.8 Å². The average molecular weight is 303 g/mol. The van der Waals surface area contributed by atoms with Gasteiger partial charge in [0, 0.05) is 18.0 Å². The SMILES string of the molecule is CCNC(=O)CNC(=O)c1cc2cnn(C(C)C)c2nc1C. The van der Waals surface area contributed by atoms with Crippen molar-refractivity contribution in [2.45, 2.75) is 33.7 Å². The molecular formula is C15H21N5O2. The number of fused-ring (bicyclic) bond motifs is 1. The number of carbonyl (C=O) groups excluding carboxylic acids is 2. The molecule has 2 aromatic rings. The first-order valence-corrected chi connectivity index (χ1v) is 7.33. The van der Waals surface area contributed by atoms with Gasteiger partial charge >= 0.3 is 0 Å². The first kappa shape index (κ1) is 15.9. The summed E-state index contributed by atoms with van der Waals surface area (Å²) in [4.78, 5) is 28.1. The normalized spacial score (nSPS) is 11.0. The van der Waals surface area contributed by atoms with Crippen molar-refractivity contribution in [2.24, 2.45) is 0 Å². The van der Waals surface area contributed by atoms with Crippen LogP contribution in [-0.2, 0) is 4.79 Å². The molecule has 0 spiro atoms. The molecule has 2 heterocycles. The van der Waals surface area contributed by atoms with E-state index in [1.54, 1.807) is 19.2 Å². The first-order chi connectivity index (χ1) is 10.4. The van der Waals surface area contributed by atoms with Crippen LogP contribution in [0.15, 0.2) is 12.3 Å². The molecule has 0 bridgehead atoms. The summed E-state index contributed by atoms with van der Waals surface area (Å²) in [5, 5.41) is 10.3. The third kappa shape index (κ3) is 3.24. The number of pyridine rings is 1. The highest BCUT2D eigenvalue weighted by atomic mass is 16.2. The van der Waals surface area contributed by atoms with Crippen molar-refractivity contribution >= 4 is 22.8 Å². The number of aromatic nitrogens is 3. The Bertz CT molecular complexity index is 705. The van der Waals surface area contributed by atoms with Crippen molar-refractivity contribution in [1.82, 2.24) is 25.4 Å². The van der Waals surface area contributed by atoms with E-state index in [0.717, 1.165) is 11.0 Å². The molecule has 0 unspecified atom stereocenters. The minimum atomic E-state index is -0.310. The van der Waals surface area contributed by atoms with Crippen LogP contribution in [0.1, 0.15) is 42.9 Å². The number of aryl methyl sites for hydroxylation is 1. The molecule has 2 rings (SSSR count). The summed E-state index contributed by atoms with van der Waals surface area (Å²) in [5.74, 6) is -0.523. The Labute approximate surface area is 129 Å². The summed E-state index contributed by atoms with van der Waals surface area (Å²) in [7, 11) is 0. The van der Waals surface area contributed by atoms with E-state index < -0.39 is 0 Å². The van der Waals surface area contributed by atoms with E-state index in [9.17, 15) is 9.59 Å². The molecule has 22 heavy (non-hydrogen) atoms. The Balaban J connectivity index is 2.23. The van der Waals surface area contributed by atoms with E-state index >= 15 is 0 Å². The zero-order valence-corrected chi connectivity index (χ0v) is 13.3. The van der Waals surface area contributed by atoms with Gasteiger partial charge in [-0.25, -0.2) is 9.67 Å². The van der Waals surface area contributed by atoms with Gasteiger partial charge in [-0.2, -0.15) is 5.10 Å². The highest BCUT2D eigenvalue weighted by molar-refractivity contribution is 5.99. The number of carbonyl (C=O) groups is 2. The lowest BCUT2D eigenvalue weighted by atomic mass is 10.1. The lowest BCUT2D eigenvalue weighted by Gasteiger charge is -2.09. The predicted octanol–water partition coefficient (Wildman–Crippen LogP) is 1.19. The summed E-state index contributed by atoms with van der Waals surface area (Å²) in [5.41, 5.74) is 1.83. The highest BCUT2D eigenvalue weighted by Crippen LogP contribution is 2.19. The summed E-state index contributed by atoms with van der Waals surface area (Å²) in [6.45, 7) is 8.14. The Morgan fingerprint density at radius 1 is 1.32 bits per heavy atom. The summed E-state index contributed by atoms with van der Waals surface area (Å²) in [6.07, 6.45) is 1.70. The molecule has 2 amide bonds. The van der Waals surface area contributed by atoms with E-state index in [1.807, 2.05) is 25.5 Å². The Hall–Kier alpha value is -2.44. The third-order valence-corrected chi connectivity index (χ3v) is 3.28. The van der Waals surface area contributed by atoms with E-state index in [-0.39, 0.29) is 24.4 Å². The topological polar surface area (TPSA) is 88.9 Å². The average Bonchev–Trinajstić information content (AvgIpc) is 2.87. The van der Waals surface area contributed by atoms with Crippen molar-refractivity contribution in [1.29, 1.82) is 0 Å². The second kappa shape index (κ2) is 6.55. The molecule has 7 nitrogen and oxygen atoms in total. The van der Waals surface area contributed by atoms with E-state index in [0.29, 0.717) is 17.8 Å². The van der Waals surface area contributed by atoms with E-state index in [1.165, 1.54) is 0 Å². The molecule has 0 aliphatic rings. The van der Waals surface area contributed by atoms with Crippen LogP contribution in [0.2, 0.25) is 0 Å². The molecule has 0 aromatic carbocycles. The van der Waals surface area contributed by atoms with E-state index in [4.69, 9.17) is 0 Å². The minimum Gasteiger partial charge on any atom is -0.355 e. The van der Waals surface area contributed by atoms with E-state index in [2.05, 4.69) is 20.7 Å². The smallest absolute Gasteiger partial charge is 0.253 e. The Morgan fingerprint density at radius 2 is 2.05 bits per heavy atom. The number of hydrogen-bond acceptors (Lipinski definition) is 4. The molecule has 0 radical (unpaired) electrons. The largest absolute Gasteiger partial charge is 0.355 e. The van der Waals surface area contributed by atoms with Crippen molar-refractivity contribution in [3.05, 3.63) is 23.5 Å². The number of rotatable bonds is 5. The third-order valence-electron chi connectivity index (χ3n) is 3.28. The predicted molar refractivity (Wildman–Crippen MR) is 83.7 cm³/mol. The molecule has 0 saturated heterocycles. The fourth-order valence-corrected chi connectivity index (χ4v) is 2.19. The number of likely N-dealkylation sites (N-methyl/N-ethyl adjacent to an activating group) is 1. The van der Waals surface area contributed by atoms with Crippen LogP contribution in [0.5, 0.6) is 0 Å². The zero-order chi connectivity index (χ0) is 16.3. The molecule has 0 aliphatic carbocycles. The monoisotopic (exact) mass is 303 g/mol. The second-order valence-corrected chi connectivity index (χ2v) is 5.35. The maximum atomic E-state index is 12.2. The standard InChI is InChI=1S/C15H21N5O2/c1-5-16-13(21)8-17-15(22)12-6-11-7-18-20(9(2)3)14(11)19-10(12)4/h6-7,9H,5,8H2,1-4H3,(H,16,21)(H,17,22). The van der Waals surface area contributed by atoms with Crippen LogP contribution in [0.4, 0.5) is 0 Å². The maximum absolute atomic E-state index is 12.2. The van der Waals surface area contributed by atoms with Gasteiger partial charge in [0.15, 0.2) is 5.65 Å². The molecule has 2 N–H and O–H groups in total. The van der Waals surface area contributed by atoms with Crippen molar-refractivity contribution in [3.8, 4) is 0 Å². The van der Waals surface area contributed by atoms with Gasteiger partial charge in [0.2, 0.25) is 5.91 Å². The number of hydrogen-bond donors (Lipinski definition) is 2. The first-order valence-electron chi connectivity index (χ1n) is 7.33. The number of amides is 2. The molecule has 7 heteroatoms. The van der Waals surface area contributed by atoms with Gasteiger partial charge < -0.3 is 10.6 Å². The summed E-state index contributed by atoms with van der Waals surface area (Å²) < 4.78 is 1.82. The molecule has 118 valence electrons. The Kier molecular flexibility index (Phi) is 4.75. The fourth-order valence-electron chi connectivity index (χ4n) is 2.19. The fraction of sp³-hybridized carbons (Fsp3) is 0.467. The van der Waals surface area contributed by atoms with Crippen LogP contribution < -0.4 is 10.6 Å². The van der Waals surface area contributed by atoms with Crippen LogP contribution >= 0.6 is 0 Å². The quantitative estimate of drug-likeness (QED) is 0.868. The van der Waals surface area contributed by atoms with Crippen molar-refractivity contribution < 1.29 is 9.59 Å². The summed E-state index contributed by atoms with van der Waals surface area (Å²) >= 11 is 0. The number of nitrogens with zero attached hydrogens (tertiary/aromatic N) is 3. The lowest BCUT2D eigenvalue weighted by molar-refractivity contribution is -0.120. The van der Waals surface area contributed by atoms with Crippen LogP contribution in [-0.4, -0.2) is 39.7 Å². The minimum absolute atomic E-state index is 0.0462. The van der Waals surface area contributed by atoms with Gasteiger partial charge in [-0.3, -0.25) is 9.59 Å². The van der Waals surface area contributed by atoms with Gasteiger partial charge in [0.1, 0.15) is 0 Å². The molecule has 0 aliphatic heterocycles. The van der Waals surface area contributed by atoms with Gasteiger partial charge in [0.25, 0.3) is 5.91 Å². The van der Waals surface area contributed by atoms with Crippen molar-refractivity contribution in [2.75, 3.05) is 13.1 Å².